The second-order valence-corrected chi connectivity index (χ2v) is 7.47. The van der Waals surface area contributed by atoms with Crippen LogP contribution in [0.15, 0.2) is 66.7 Å². The maximum atomic E-state index is 13.1. The van der Waals surface area contributed by atoms with E-state index in [1.165, 1.54) is 12.1 Å². The molecule has 1 amide bonds. The minimum atomic E-state index is -0.336. The Bertz CT molecular complexity index is 1460. The van der Waals surface area contributed by atoms with Crippen LogP contribution in [0, 0.1) is 5.82 Å². The van der Waals surface area contributed by atoms with Gasteiger partial charge in [-0.1, -0.05) is 0 Å². The van der Waals surface area contributed by atoms with Gasteiger partial charge in [0.2, 0.25) is 5.88 Å². The van der Waals surface area contributed by atoms with Crippen LogP contribution in [0.2, 0.25) is 0 Å². The molecular weight excluding hydrogens is 453 g/mol. The number of aromatic amines is 1. The van der Waals surface area contributed by atoms with Crippen molar-refractivity contribution in [1.29, 1.82) is 0 Å². The predicted molar refractivity (Wildman–Crippen MR) is 125 cm³/mol. The van der Waals surface area contributed by atoms with E-state index in [-0.39, 0.29) is 30.6 Å². The topological polar surface area (TPSA) is 119 Å². The molecule has 0 bridgehead atoms. The Kier molecular flexibility index (Phi) is 6.03. The molecule has 176 valence electrons. The SMILES string of the molecule is COc1ccc(-c2nnc3ccc(OCCNC(=O)c4cc(-c5ccc(F)cc5)n[nH]4)nn23)cc1. The molecule has 2 N–H and O–H groups in total. The molecule has 0 unspecified atom stereocenters. The van der Waals surface area contributed by atoms with Crippen molar-refractivity contribution >= 4 is 11.6 Å². The molecule has 2 aromatic carbocycles. The Hall–Kier alpha value is -4.80. The molecule has 0 atom stereocenters. The second kappa shape index (κ2) is 9.59. The highest BCUT2D eigenvalue weighted by molar-refractivity contribution is 5.93. The van der Waals surface area contributed by atoms with Crippen LogP contribution in [0.25, 0.3) is 28.3 Å². The maximum Gasteiger partial charge on any atom is 0.269 e. The molecule has 0 aliphatic heterocycles. The zero-order valence-corrected chi connectivity index (χ0v) is 18.6. The first-order chi connectivity index (χ1) is 17.1. The van der Waals surface area contributed by atoms with Crippen molar-refractivity contribution in [2.75, 3.05) is 20.3 Å². The third kappa shape index (κ3) is 4.78. The lowest BCUT2D eigenvalue weighted by Gasteiger charge is -2.07. The van der Waals surface area contributed by atoms with Crippen LogP contribution < -0.4 is 14.8 Å². The number of carbonyl (C=O) groups is 1. The molecule has 0 aliphatic rings. The molecule has 0 radical (unpaired) electrons. The Morgan fingerprint density at radius 3 is 2.57 bits per heavy atom. The van der Waals surface area contributed by atoms with Crippen molar-refractivity contribution in [2.24, 2.45) is 0 Å². The summed E-state index contributed by atoms with van der Waals surface area (Å²) in [6, 6.07) is 18.3. The average Bonchev–Trinajstić information content (AvgIpc) is 3.55. The van der Waals surface area contributed by atoms with E-state index in [0.717, 1.165) is 11.3 Å². The largest absolute Gasteiger partial charge is 0.497 e. The minimum absolute atomic E-state index is 0.198. The van der Waals surface area contributed by atoms with E-state index >= 15 is 0 Å². The summed E-state index contributed by atoms with van der Waals surface area (Å²) in [5.74, 6) is 0.998. The van der Waals surface area contributed by atoms with Gasteiger partial charge in [0.1, 0.15) is 23.9 Å². The third-order valence-electron chi connectivity index (χ3n) is 5.19. The van der Waals surface area contributed by atoms with Crippen LogP contribution in [0.1, 0.15) is 10.5 Å². The number of carbonyl (C=O) groups excluding carboxylic acids is 1. The van der Waals surface area contributed by atoms with E-state index in [0.29, 0.717) is 28.6 Å². The number of hydrogen-bond acceptors (Lipinski definition) is 7. The zero-order chi connectivity index (χ0) is 24.2. The molecule has 10 nitrogen and oxygen atoms in total. The van der Waals surface area contributed by atoms with Crippen LogP contribution >= 0.6 is 0 Å². The fraction of sp³-hybridized carbons (Fsp3) is 0.125. The molecule has 5 rings (SSSR count). The van der Waals surface area contributed by atoms with Gasteiger partial charge in [0.05, 0.1) is 19.3 Å². The van der Waals surface area contributed by atoms with Gasteiger partial charge in [-0.05, 0) is 60.7 Å². The van der Waals surface area contributed by atoms with Crippen LogP contribution in [0.5, 0.6) is 11.6 Å². The van der Waals surface area contributed by atoms with Crippen molar-refractivity contribution in [1.82, 2.24) is 35.3 Å². The Morgan fingerprint density at radius 1 is 1.03 bits per heavy atom. The van der Waals surface area contributed by atoms with Crippen molar-refractivity contribution in [2.45, 2.75) is 0 Å². The number of halogens is 1. The van der Waals surface area contributed by atoms with E-state index < -0.39 is 0 Å². The smallest absolute Gasteiger partial charge is 0.269 e. The van der Waals surface area contributed by atoms with Crippen molar-refractivity contribution in [3.63, 3.8) is 0 Å². The van der Waals surface area contributed by atoms with Gasteiger partial charge in [0.15, 0.2) is 11.5 Å². The number of nitrogens with zero attached hydrogens (tertiary/aromatic N) is 5. The fourth-order valence-electron chi connectivity index (χ4n) is 3.39. The number of fused-ring (bicyclic) bond motifs is 1. The van der Waals surface area contributed by atoms with Gasteiger partial charge in [0.25, 0.3) is 5.91 Å². The summed E-state index contributed by atoms with van der Waals surface area (Å²) >= 11 is 0. The minimum Gasteiger partial charge on any atom is -0.497 e. The van der Waals surface area contributed by atoms with E-state index in [1.807, 2.05) is 24.3 Å². The summed E-state index contributed by atoms with van der Waals surface area (Å²) in [7, 11) is 1.61. The van der Waals surface area contributed by atoms with Crippen molar-refractivity contribution in [3.05, 3.63) is 78.2 Å². The molecule has 11 heteroatoms. The molecule has 0 spiro atoms. The summed E-state index contributed by atoms with van der Waals surface area (Å²) in [5.41, 5.74) is 2.94. The van der Waals surface area contributed by atoms with Gasteiger partial charge >= 0.3 is 0 Å². The number of nitrogens with one attached hydrogen (secondary N) is 2. The van der Waals surface area contributed by atoms with E-state index in [2.05, 4.69) is 30.8 Å². The molecule has 35 heavy (non-hydrogen) atoms. The molecule has 0 saturated carbocycles. The predicted octanol–water partition coefficient (Wildman–Crippen LogP) is 3.14. The standard InChI is InChI=1S/C24H20FN7O3/c1-34-18-8-4-16(5-9-18)23-30-29-21-10-11-22(31-32(21)23)35-13-12-26-24(33)20-14-19(27-28-20)15-2-6-17(25)7-3-15/h2-11,14H,12-13H2,1H3,(H,26,33)(H,27,28). The highest BCUT2D eigenvalue weighted by Crippen LogP contribution is 2.22. The average molecular weight is 473 g/mol. The lowest BCUT2D eigenvalue weighted by Crippen LogP contribution is -2.28. The second-order valence-electron chi connectivity index (χ2n) is 7.47. The lowest BCUT2D eigenvalue weighted by atomic mass is 10.1. The number of H-pyrrole nitrogens is 1. The Labute approximate surface area is 198 Å². The van der Waals surface area contributed by atoms with Gasteiger partial charge < -0.3 is 14.8 Å². The van der Waals surface area contributed by atoms with Gasteiger partial charge in [0, 0.05) is 17.2 Å². The van der Waals surface area contributed by atoms with E-state index in [1.54, 1.807) is 42.0 Å². The Morgan fingerprint density at radius 2 is 1.80 bits per heavy atom. The molecule has 0 fully saturated rings. The summed E-state index contributed by atoms with van der Waals surface area (Å²) in [6.07, 6.45) is 0. The number of amides is 1. The fourth-order valence-corrected chi connectivity index (χ4v) is 3.39. The van der Waals surface area contributed by atoms with Gasteiger partial charge in [-0.2, -0.15) is 9.61 Å². The highest BCUT2D eigenvalue weighted by atomic mass is 19.1. The summed E-state index contributed by atoms with van der Waals surface area (Å²) in [5, 5.41) is 22.4. The molecular formula is C24H20FN7O3. The highest BCUT2D eigenvalue weighted by Gasteiger charge is 2.12. The molecule has 5 aromatic rings. The number of aromatic nitrogens is 6. The first-order valence-corrected chi connectivity index (χ1v) is 10.7. The van der Waals surface area contributed by atoms with Crippen LogP contribution in [-0.4, -0.2) is 56.2 Å². The normalized spacial score (nSPS) is 10.9. The summed E-state index contributed by atoms with van der Waals surface area (Å²) in [6.45, 7) is 0.445. The molecule has 3 aromatic heterocycles. The van der Waals surface area contributed by atoms with E-state index in [9.17, 15) is 9.18 Å². The van der Waals surface area contributed by atoms with Crippen LogP contribution in [0.3, 0.4) is 0 Å². The number of ether oxygens (including phenoxy) is 2. The maximum absolute atomic E-state index is 13.1. The first-order valence-electron chi connectivity index (χ1n) is 10.7. The zero-order valence-electron chi connectivity index (χ0n) is 18.6. The third-order valence-corrected chi connectivity index (χ3v) is 5.19. The number of rotatable bonds is 8. The lowest BCUT2D eigenvalue weighted by molar-refractivity contribution is 0.0941. The van der Waals surface area contributed by atoms with Crippen LogP contribution in [-0.2, 0) is 0 Å². The van der Waals surface area contributed by atoms with Crippen LogP contribution in [0.4, 0.5) is 4.39 Å². The Balaban J connectivity index is 1.19. The van der Waals surface area contributed by atoms with Gasteiger partial charge in [-0.15, -0.1) is 15.3 Å². The molecule has 0 aliphatic carbocycles. The van der Waals surface area contributed by atoms with Crippen molar-refractivity contribution < 1.29 is 18.7 Å². The van der Waals surface area contributed by atoms with Crippen molar-refractivity contribution in [3.8, 4) is 34.3 Å². The number of hydrogen-bond donors (Lipinski definition) is 2. The van der Waals surface area contributed by atoms with Gasteiger partial charge in [-0.25, -0.2) is 4.39 Å². The monoisotopic (exact) mass is 473 g/mol. The van der Waals surface area contributed by atoms with Gasteiger partial charge in [-0.3, -0.25) is 9.89 Å². The molecule has 0 saturated heterocycles. The summed E-state index contributed by atoms with van der Waals surface area (Å²) < 4.78 is 25.6. The quantitative estimate of drug-likeness (QED) is 0.332. The number of methoxy groups -OCH3 is 1. The number of benzene rings is 2. The molecule has 3 heterocycles. The van der Waals surface area contributed by atoms with E-state index in [4.69, 9.17) is 9.47 Å². The first kappa shape index (κ1) is 22.0. The summed E-state index contributed by atoms with van der Waals surface area (Å²) in [4.78, 5) is 12.4.